The Morgan fingerprint density at radius 2 is 1.97 bits per heavy atom. The molecule has 1 saturated carbocycles. The molecule has 1 aromatic rings. The van der Waals surface area contributed by atoms with Crippen LogP contribution in [-0.4, -0.2) is 62.6 Å². The van der Waals surface area contributed by atoms with E-state index in [4.69, 9.17) is 9.98 Å². The topological polar surface area (TPSA) is 110 Å². The monoisotopic (exact) mass is 462 g/mol. The minimum atomic E-state index is -0.472. The van der Waals surface area contributed by atoms with E-state index in [1.165, 1.54) is 0 Å². The normalized spacial score (nSPS) is 24.1. The molecular weight excluding hydrogens is 432 g/mol. The number of hydrogen-bond acceptors (Lipinski definition) is 7. The van der Waals surface area contributed by atoms with Gasteiger partial charge in [-0.3, -0.25) is 9.59 Å². The number of aromatic nitrogens is 1. The second-order valence-electron chi connectivity index (χ2n) is 9.39. The van der Waals surface area contributed by atoms with Crippen molar-refractivity contribution in [3.8, 4) is 0 Å². The van der Waals surface area contributed by atoms with Gasteiger partial charge in [-0.15, -0.1) is 0 Å². The molecular formula is C25H30N6O3. The number of allylic oxidation sites excluding steroid dienone is 1. The van der Waals surface area contributed by atoms with E-state index in [1.54, 1.807) is 20.1 Å². The maximum absolute atomic E-state index is 13.4. The molecule has 2 amide bonds. The summed E-state index contributed by atoms with van der Waals surface area (Å²) in [5.74, 6) is 0.967. The zero-order chi connectivity index (χ0) is 24.0. The fourth-order valence-electron chi connectivity index (χ4n) is 5.37. The second kappa shape index (κ2) is 8.70. The van der Waals surface area contributed by atoms with Gasteiger partial charge < -0.3 is 20.2 Å². The number of amides is 2. The van der Waals surface area contributed by atoms with Crippen LogP contribution < -0.4 is 5.32 Å². The first kappa shape index (κ1) is 22.3. The molecule has 1 fully saturated rings. The van der Waals surface area contributed by atoms with Crippen molar-refractivity contribution in [3.63, 3.8) is 0 Å². The van der Waals surface area contributed by atoms with Crippen molar-refractivity contribution in [2.24, 2.45) is 9.98 Å². The number of nitrogens with zero attached hydrogens (tertiary/aromatic N) is 5. The van der Waals surface area contributed by atoms with Crippen molar-refractivity contribution in [2.45, 2.75) is 71.6 Å². The van der Waals surface area contributed by atoms with Crippen molar-refractivity contribution >= 4 is 29.8 Å². The minimum Gasteiger partial charge on any atom is -0.512 e. The fourth-order valence-corrected chi connectivity index (χ4v) is 5.37. The van der Waals surface area contributed by atoms with Crippen LogP contribution in [0.15, 0.2) is 44.6 Å². The van der Waals surface area contributed by atoms with Gasteiger partial charge in [0.15, 0.2) is 6.17 Å². The van der Waals surface area contributed by atoms with Crippen molar-refractivity contribution in [2.75, 3.05) is 11.9 Å². The van der Waals surface area contributed by atoms with Crippen molar-refractivity contribution < 1.29 is 14.7 Å². The predicted molar refractivity (Wildman–Crippen MR) is 130 cm³/mol. The lowest BCUT2D eigenvalue weighted by molar-refractivity contribution is -0.131. The summed E-state index contributed by atoms with van der Waals surface area (Å²) < 4.78 is 0. The molecule has 3 aliphatic heterocycles. The summed E-state index contributed by atoms with van der Waals surface area (Å²) in [5.41, 5.74) is 3.92. The minimum absolute atomic E-state index is 0.0272. The predicted octanol–water partition coefficient (Wildman–Crippen LogP) is 3.10. The summed E-state index contributed by atoms with van der Waals surface area (Å²) in [6.45, 7) is 6.22. The van der Waals surface area contributed by atoms with E-state index in [-0.39, 0.29) is 23.6 Å². The van der Waals surface area contributed by atoms with Crippen LogP contribution in [-0.2, 0) is 22.6 Å². The molecule has 0 aromatic carbocycles. The Balaban J connectivity index is 1.44. The number of aliphatic hydroxyl groups excluding tert-OH is 1. The van der Waals surface area contributed by atoms with E-state index in [9.17, 15) is 14.7 Å². The zero-order valence-corrected chi connectivity index (χ0v) is 19.8. The number of pyridine rings is 1. The van der Waals surface area contributed by atoms with Gasteiger partial charge in [-0.1, -0.05) is 18.9 Å². The van der Waals surface area contributed by atoms with Crippen molar-refractivity contribution in [1.82, 2.24) is 14.8 Å². The number of hydrogen-bond donors (Lipinski definition) is 2. The Hall–Kier alpha value is -3.49. The molecule has 0 spiro atoms. The Labute approximate surface area is 199 Å². The lowest BCUT2D eigenvalue weighted by Crippen LogP contribution is -2.51. The maximum Gasteiger partial charge on any atom is 0.259 e. The van der Waals surface area contributed by atoms with Gasteiger partial charge in [-0.2, -0.15) is 0 Å². The third-order valence-electron chi connectivity index (χ3n) is 7.18. The number of aliphatic imine (C=N–C) groups is 2. The fraction of sp³-hybridized carbons (Fsp3) is 0.480. The van der Waals surface area contributed by atoms with Gasteiger partial charge in [-0.25, -0.2) is 15.0 Å². The Morgan fingerprint density at radius 1 is 1.21 bits per heavy atom. The maximum atomic E-state index is 13.4. The lowest BCUT2D eigenvalue weighted by Gasteiger charge is -2.40. The molecule has 1 aliphatic carbocycles. The van der Waals surface area contributed by atoms with Crippen LogP contribution in [0, 0.1) is 0 Å². The summed E-state index contributed by atoms with van der Waals surface area (Å²) in [4.78, 5) is 42.8. The van der Waals surface area contributed by atoms with E-state index in [1.807, 2.05) is 28.9 Å². The van der Waals surface area contributed by atoms with Crippen LogP contribution in [0.3, 0.4) is 0 Å². The smallest absolute Gasteiger partial charge is 0.259 e. The Kier molecular flexibility index (Phi) is 5.71. The summed E-state index contributed by atoms with van der Waals surface area (Å²) in [6, 6.07) is 3.95. The summed E-state index contributed by atoms with van der Waals surface area (Å²) in [5, 5.41) is 13.4. The van der Waals surface area contributed by atoms with Crippen LogP contribution in [0.25, 0.3) is 0 Å². The highest BCUT2D eigenvalue weighted by molar-refractivity contribution is 6.09. The quantitative estimate of drug-likeness (QED) is 0.518. The molecule has 0 bridgehead atoms. The van der Waals surface area contributed by atoms with Gasteiger partial charge in [0.1, 0.15) is 11.6 Å². The van der Waals surface area contributed by atoms with Crippen LogP contribution in [0.2, 0.25) is 0 Å². The first-order valence-corrected chi connectivity index (χ1v) is 11.9. The third-order valence-corrected chi connectivity index (χ3v) is 7.18. The molecule has 4 heterocycles. The highest BCUT2D eigenvalue weighted by atomic mass is 16.3. The zero-order valence-electron chi connectivity index (χ0n) is 19.8. The third kappa shape index (κ3) is 3.89. The highest BCUT2D eigenvalue weighted by Gasteiger charge is 2.42. The van der Waals surface area contributed by atoms with Gasteiger partial charge in [-0.05, 0) is 43.9 Å². The number of carbonyl (C=O) groups is 2. The number of fused-ring (bicyclic) bond motifs is 2. The number of rotatable bonds is 2. The standard InChI is InChI=1S/C25H30N6O3/c1-14-19-12-26-25(28-21-9-8-17-13-30(16(3)33)11-10-20(17)27-21)29-23(19)31(18-6-4-5-7-18)24(34)22(14)15(2)32/h8-9,12,18,23,32H,4-7,10-11,13H2,1-3H3,(H,27,28,29). The van der Waals surface area contributed by atoms with E-state index < -0.39 is 6.17 Å². The number of guanidine groups is 1. The molecule has 178 valence electrons. The molecule has 1 aromatic heterocycles. The summed E-state index contributed by atoms with van der Waals surface area (Å²) in [7, 11) is 0. The molecule has 9 heteroatoms. The first-order valence-electron chi connectivity index (χ1n) is 11.9. The van der Waals surface area contributed by atoms with Crippen LogP contribution in [0.4, 0.5) is 5.82 Å². The number of carbonyl (C=O) groups excluding carboxylic acids is 2. The first-order chi connectivity index (χ1) is 16.3. The molecule has 0 saturated heterocycles. The van der Waals surface area contributed by atoms with Gasteiger partial charge in [0, 0.05) is 50.0 Å². The van der Waals surface area contributed by atoms with Gasteiger partial charge >= 0.3 is 0 Å². The molecule has 2 N–H and O–H groups in total. The molecule has 34 heavy (non-hydrogen) atoms. The average molecular weight is 463 g/mol. The molecule has 1 unspecified atom stereocenters. The van der Waals surface area contributed by atoms with Gasteiger partial charge in [0.2, 0.25) is 11.9 Å². The molecule has 4 aliphatic rings. The Bertz CT molecular complexity index is 1170. The number of aliphatic hydroxyl groups is 1. The van der Waals surface area contributed by atoms with Gasteiger partial charge in [0.05, 0.1) is 5.57 Å². The van der Waals surface area contributed by atoms with E-state index in [0.29, 0.717) is 36.9 Å². The number of anilines is 1. The van der Waals surface area contributed by atoms with Crippen molar-refractivity contribution in [3.05, 3.63) is 45.9 Å². The van der Waals surface area contributed by atoms with Crippen LogP contribution in [0.1, 0.15) is 57.7 Å². The molecule has 0 radical (unpaired) electrons. The van der Waals surface area contributed by atoms with Crippen molar-refractivity contribution in [1.29, 1.82) is 0 Å². The average Bonchev–Trinajstić information content (AvgIpc) is 3.33. The summed E-state index contributed by atoms with van der Waals surface area (Å²) >= 11 is 0. The molecule has 9 nitrogen and oxygen atoms in total. The van der Waals surface area contributed by atoms with E-state index >= 15 is 0 Å². The van der Waals surface area contributed by atoms with E-state index in [2.05, 4.69) is 10.3 Å². The van der Waals surface area contributed by atoms with Gasteiger partial charge in [0.25, 0.3) is 5.91 Å². The lowest BCUT2D eigenvalue weighted by atomic mass is 9.91. The van der Waals surface area contributed by atoms with Crippen LogP contribution >= 0.6 is 0 Å². The molecule has 5 rings (SSSR count). The SMILES string of the molecule is CC(=O)N1CCc2nc(NC3=NC4C(=C(C)C(=C(C)O)C(=O)N4C4CCCC4)C=N3)ccc2C1. The highest BCUT2D eigenvalue weighted by Crippen LogP contribution is 2.37. The second-order valence-corrected chi connectivity index (χ2v) is 9.39. The molecule has 1 atom stereocenters. The van der Waals surface area contributed by atoms with Crippen LogP contribution in [0.5, 0.6) is 0 Å². The largest absolute Gasteiger partial charge is 0.512 e. The summed E-state index contributed by atoms with van der Waals surface area (Å²) in [6.07, 6.45) is 6.01. The number of nitrogens with one attached hydrogen (secondary N) is 1. The van der Waals surface area contributed by atoms with E-state index in [0.717, 1.165) is 48.1 Å². The Morgan fingerprint density at radius 3 is 2.68 bits per heavy atom.